The Hall–Kier alpha value is -3.43. The molecule has 34 heavy (non-hydrogen) atoms. The Morgan fingerprint density at radius 1 is 0.706 bits per heavy atom. The van der Waals surface area contributed by atoms with Crippen LogP contribution in [0.3, 0.4) is 0 Å². The van der Waals surface area contributed by atoms with Gasteiger partial charge in [-0.05, 0) is 56.2 Å². The van der Waals surface area contributed by atoms with E-state index >= 15 is 0 Å². The van der Waals surface area contributed by atoms with Gasteiger partial charge in [0.25, 0.3) is 0 Å². The standard InChI is InChI=1S/C24H19F7O3/c1-4-32-19-6-12(3)7-20(33-5-2)21(19)13-8-15(25)22(16(26)9-13)24(30,31)34-14-10-17(27)23(29)18(28)11-14/h6-11H,4-5H2,1-3H3. The minimum absolute atomic E-state index is 0.130. The molecule has 0 aliphatic rings. The van der Waals surface area contributed by atoms with Crippen LogP contribution in [0.1, 0.15) is 25.0 Å². The number of halogens is 7. The van der Waals surface area contributed by atoms with Crippen molar-refractivity contribution in [3.8, 4) is 28.4 Å². The predicted octanol–water partition coefficient (Wildman–Crippen LogP) is 7.28. The zero-order chi connectivity index (χ0) is 25.2. The smallest absolute Gasteiger partial charge is 0.432 e. The summed E-state index contributed by atoms with van der Waals surface area (Å²) in [7, 11) is 0. The zero-order valence-electron chi connectivity index (χ0n) is 18.2. The summed E-state index contributed by atoms with van der Waals surface area (Å²) in [6.45, 7) is 5.55. The van der Waals surface area contributed by atoms with Crippen molar-refractivity contribution in [3.05, 3.63) is 76.6 Å². The molecule has 0 saturated heterocycles. The molecule has 182 valence electrons. The Morgan fingerprint density at radius 3 is 1.62 bits per heavy atom. The van der Waals surface area contributed by atoms with Gasteiger partial charge in [0.2, 0.25) is 0 Å². The number of benzene rings is 3. The molecule has 3 rings (SSSR count). The molecule has 0 saturated carbocycles. The van der Waals surface area contributed by atoms with Gasteiger partial charge < -0.3 is 14.2 Å². The highest BCUT2D eigenvalue weighted by atomic mass is 19.3. The summed E-state index contributed by atoms with van der Waals surface area (Å²) in [4.78, 5) is 0. The molecule has 0 amide bonds. The van der Waals surface area contributed by atoms with Gasteiger partial charge in [0.05, 0.1) is 18.8 Å². The van der Waals surface area contributed by atoms with Crippen molar-refractivity contribution < 1.29 is 44.9 Å². The Balaban J connectivity index is 2.10. The molecule has 3 aromatic carbocycles. The topological polar surface area (TPSA) is 27.7 Å². The molecule has 0 spiro atoms. The van der Waals surface area contributed by atoms with Crippen LogP contribution in [-0.4, -0.2) is 13.2 Å². The van der Waals surface area contributed by atoms with Crippen molar-refractivity contribution >= 4 is 0 Å². The second-order valence-corrected chi connectivity index (χ2v) is 7.14. The first-order valence-corrected chi connectivity index (χ1v) is 10.1. The summed E-state index contributed by atoms with van der Waals surface area (Å²) in [5, 5.41) is 0. The second-order valence-electron chi connectivity index (χ2n) is 7.14. The minimum atomic E-state index is -4.69. The zero-order valence-corrected chi connectivity index (χ0v) is 18.2. The van der Waals surface area contributed by atoms with E-state index in [0.717, 1.165) is 5.56 Å². The summed E-state index contributed by atoms with van der Waals surface area (Å²) < 4.78 is 114. The second kappa shape index (κ2) is 9.82. The van der Waals surface area contributed by atoms with Gasteiger partial charge in [-0.15, -0.1) is 0 Å². The third kappa shape index (κ3) is 5.05. The van der Waals surface area contributed by atoms with Crippen LogP contribution in [0.4, 0.5) is 30.7 Å². The normalized spacial score (nSPS) is 11.5. The highest BCUT2D eigenvalue weighted by Gasteiger charge is 2.42. The van der Waals surface area contributed by atoms with E-state index in [1.54, 1.807) is 32.9 Å². The maximum atomic E-state index is 14.8. The lowest BCUT2D eigenvalue weighted by Crippen LogP contribution is -2.25. The van der Waals surface area contributed by atoms with Gasteiger partial charge >= 0.3 is 6.11 Å². The van der Waals surface area contributed by atoms with Crippen molar-refractivity contribution in [1.29, 1.82) is 0 Å². The van der Waals surface area contributed by atoms with E-state index in [4.69, 9.17) is 9.47 Å². The monoisotopic (exact) mass is 488 g/mol. The molecule has 0 N–H and O–H groups in total. The molecule has 0 radical (unpaired) electrons. The highest BCUT2D eigenvalue weighted by Crippen LogP contribution is 2.43. The van der Waals surface area contributed by atoms with Gasteiger partial charge in [-0.3, -0.25) is 0 Å². The average Bonchev–Trinajstić information content (AvgIpc) is 2.71. The molecule has 0 heterocycles. The first-order chi connectivity index (χ1) is 16.0. The summed E-state index contributed by atoms with van der Waals surface area (Å²) in [6.07, 6.45) is -4.69. The van der Waals surface area contributed by atoms with Crippen molar-refractivity contribution in [1.82, 2.24) is 0 Å². The summed E-state index contributed by atoms with van der Waals surface area (Å²) in [6, 6.07) is 4.73. The molecule has 0 unspecified atom stereocenters. The van der Waals surface area contributed by atoms with Crippen LogP contribution in [0.2, 0.25) is 0 Å². The van der Waals surface area contributed by atoms with Crippen LogP contribution in [0.15, 0.2) is 36.4 Å². The van der Waals surface area contributed by atoms with Crippen molar-refractivity contribution in [3.63, 3.8) is 0 Å². The van der Waals surface area contributed by atoms with E-state index in [-0.39, 0.29) is 48.0 Å². The molecule has 0 aromatic heterocycles. The van der Waals surface area contributed by atoms with Gasteiger partial charge in [-0.25, -0.2) is 22.0 Å². The lowest BCUT2D eigenvalue weighted by atomic mass is 9.99. The van der Waals surface area contributed by atoms with E-state index in [0.29, 0.717) is 12.1 Å². The molecule has 0 atom stereocenters. The highest BCUT2D eigenvalue weighted by molar-refractivity contribution is 5.78. The van der Waals surface area contributed by atoms with E-state index in [9.17, 15) is 30.7 Å². The fraction of sp³-hybridized carbons (Fsp3) is 0.250. The van der Waals surface area contributed by atoms with Crippen LogP contribution >= 0.6 is 0 Å². The lowest BCUT2D eigenvalue weighted by molar-refractivity contribution is -0.189. The van der Waals surface area contributed by atoms with Crippen LogP contribution in [0.25, 0.3) is 11.1 Å². The van der Waals surface area contributed by atoms with Crippen LogP contribution < -0.4 is 14.2 Å². The lowest BCUT2D eigenvalue weighted by Gasteiger charge is -2.21. The number of hydrogen-bond acceptors (Lipinski definition) is 3. The third-order valence-corrected chi connectivity index (χ3v) is 4.64. The summed E-state index contributed by atoms with van der Waals surface area (Å²) in [5.41, 5.74) is -1.08. The summed E-state index contributed by atoms with van der Waals surface area (Å²) >= 11 is 0. The molecular formula is C24H19F7O3. The molecule has 3 aromatic rings. The van der Waals surface area contributed by atoms with Gasteiger partial charge in [0.1, 0.15) is 34.4 Å². The molecule has 10 heteroatoms. The maximum Gasteiger partial charge on any atom is 0.432 e. The molecular weight excluding hydrogens is 469 g/mol. The first-order valence-electron chi connectivity index (χ1n) is 10.1. The predicted molar refractivity (Wildman–Crippen MR) is 110 cm³/mol. The van der Waals surface area contributed by atoms with Gasteiger partial charge in [0.15, 0.2) is 17.5 Å². The third-order valence-electron chi connectivity index (χ3n) is 4.64. The van der Waals surface area contributed by atoms with Crippen molar-refractivity contribution in [2.24, 2.45) is 0 Å². The average molecular weight is 488 g/mol. The molecule has 0 bridgehead atoms. The van der Waals surface area contributed by atoms with E-state index in [2.05, 4.69) is 4.74 Å². The largest absolute Gasteiger partial charge is 0.493 e. The van der Waals surface area contributed by atoms with E-state index in [1.807, 2.05) is 0 Å². The fourth-order valence-corrected chi connectivity index (χ4v) is 3.33. The molecule has 3 nitrogen and oxygen atoms in total. The Bertz CT molecular complexity index is 1140. The van der Waals surface area contributed by atoms with Crippen molar-refractivity contribution in [2.45, 2.75) is 26.9 Å². The SMILES string of the molecule is CCOc1cc(C)cc(OCC)c1-c1cc(F)c(C(F)(F)Oc2cc(F)c(F)c(F)c2)c(F)c1. The maximum absolute atomic E-state index is 14.8. The fourth-order valence-electron chi connectivity index (χ4n) is 3.33. The Morgan fingerprint density at radius 2 is 1.18 bits per heavy atom. The quantitative estimate of drug-likeness (QED) is 0.246. The number of alkyl halides is 2. The van der Waals surface area contributed by atoms with Crippen molar-refractivity contribution in [2.75, 3.05) is 13.2 Å². The van der Waals surface area contributed by atoms with E-state index in [1.165, 1.54) is 0 Å². The summed E-state index contributed by atoms with van der Waals surface area (Å²) in [5.74, 6) is -9.66. The molecule has 0 fully saturated rings. The molecule has 0 aliphatic heterocycles. The van der Waals surface area contributed by atoms with Gasteiger partial charge in [0, 0.05) is 12.1 Å². The van der Waals surface area contributed by atoms with E-state index < -0.39 is 46.5 Å². The van der Waals surface area contributed by atoms with Gasteiger partial charge in [-0.2, -0.15) is 8.78 Å². The number of ether oxygens (including phenoxy) is 3. The number of rotatable bonds is 8. The molecule has 0 aliphatic carbocycles. The Labute approximate surface area is 190 Å². The van der Waals surface area contributed by atoms with Crippen LogP contribution in [-0.2, 0) is 6.11 Å². The van der Waals surface area contributed by atoms with Crippen LogP contribution in [0, 0.1) is 36.0 Å². The first kappa shape index (κ1) is 25.2. The number of hydrogen-bond donors (Lipinski definition) is 0. The minimum Gasteiger partial charge on any atom is -0.493 e. The number of aryl methyl sites for hydroxylation is 1. The van der Waals surface area contributed by atoms with Crippen LogP contribution in [0.5, 0.6) is 17.2 Å². The van der Waals surface area contributed by atoms with Gasteiger partial charge in [-0.1, -0.05) is 0 Å². The Kier molecular flexibility index (Phi) is 7.28.